The van der Waals surface area contributed by atoms with E-state index in [0.717, 1.165) is 39.2 Å². The second-order valence-electron chi connectivity index (χ2n) is 9.24. The average Bonchev–Trinajstić information content (AvgIpc) is 3.42. The number of para-hydroxylation sites is 1. The zero-order chi connectivity index (χ0) is 25.6. The number of aromatic nitrogens is 4. The summed E-state index contributed by atoms with van der Waals surface area (Å²) in [6, 6.07) is 11.3. The predicted molar refractivity (Wildman–Crippen MR) is 137 cm³/mol. The van der Waals surface area contributed by atoms with Gasteiger partial charge in [0.15, 0.2) is 12.0 Å². The third-order valence-electron chi connectivity index (χ3n) is 6.72. The Bertz CT molecular complexity index is 1470. The number of benzene rings is 2. The van der Waals surface area contributed by atoms with E-state index in [1.807, 2.05) is 64.2 Å². The SMILES string of the molecule is Cc1cc(Cl)c(COc2cccc3c(-c4ncnn4C)cc(C)nc23)c([C@H](C)N2CC[C@H](F)C2=O)c1. The van der Waals surface area contributed by atoms with Crippen molar-refractivity contribution in [1.29, 1.82) is 0 Å². The Kier molecular flexibility index (Phi) is 6.38. The largest absolute Gasteiger partial charge is 0.487 e. The molecule has 0 unspecified atom stereocenters. The molecule has 2 atom stereocenters. The third-order valence-corrected chi connectivity index (χ3v) is 7.06. The van der Waals surface area contributed by atoms with Crippen LogP contribution >= 0.6 is 11.6 Å². The lowest BCUT2D eigenvalue weighted by Gasteiger charge is -2.27. The summed E-state index contributed by atoms with van der Waals surface area (Å²) in [6.07, 6.45) is 0.291. The summed E-state index contributed by atoms with van der Waals surface area (Å²) in [6.45, 7) is 6.33. The minimum absolute atomic E-state index is 0.175. The summed E-state index contributed by atoms with van der Waals surface area (Å²) in [5.41, 5.74) is 5.04. The molecule has 0 bridgehead atoms. The van der Waals surface area contributed by atoms with Gasteiger partial charge in [-0.25, -0.2) is 19.0 Å². The van der Waals surface area contributed by atoms with Crippen molar-refractivity contribution in [2.24, 2.45) is 7.05 Å². The first-order valence-corrected chi connectivity index (χ1v) is 12.2. The van der Waals surface area contributed by atoms with Gasteiger partial charge in [-0.1, -0.05) is 29.8 Å². The van der Waals surface area contributed by atoms with Crippen LogP contribution in [0.5, 0.6) is 5.75 Å². The van der Waals surface area contributed by atoms with Crippen molar-refractivity contribution < 1.29 is 13.9 Å². The highest BCUT2D eigenvalue weighted by Gasteiger charge is 2.35. The van der Waals surface area contributed by atoms with E-state index < -0.39 is 12.1 Å². The number of aryl methyl sites for hydroxylation is 3. The van der Waals surface area contributed by atoms with Gasteiger partial charge in [0.1, 0.15) is 24.2 Å². The van der Waals surface area contributed by atoms with Crippen molar-refractivity contribution in [3.8, 4) is 17.1 Å². The van der Waals surface area contributed by atoms with Gasteiger partial charge in [-0.15, -0.1) is 0 Å². The van der Waals surface area contributed by atoms with Crippen LogP contribution in [0.15, 0.2) is 42.7 Å². The Morgan fingerprint density at radius 2 is 2.06 bits per heavy atom. The first-order chi connectivity index (χ1) is 17.2. The molecular formula is C27H27ClFN5O2. The molecule has 1 fully saturated rings. The molecule has 5 rings (SSSR count). The molecule has 0 spiro atoms. The molecule has 1 amide bonds. The van der Waals surface area contributed by atoms with Gasteiger partial charge in [0.25, 0.3) is 5.91 Å². The lowest BCUT2D eigenvalue weighted by Crippen LogP contribution is -2.31. The van der Waals surface area contributed by atoms with Gasteiger partial charge < -0.3 is 9.64 Å². The molecule has 0 saturated carbocycles. The van der Waals surface area contributed by atoms with Crippen LogP contribution in [-0.4, -0.2) is 43.3 Å². The van der Waals surface area contributed by atoms with Gasteiger partial charge in [0.05, 0.1) is 6.04 Å². The molecule has 4 aromatic rings. The highest BCUT2D eigenvalue weighted by atomic mass is 35.5. The normalized spacial score (nSPS) is 16.7. The van der Waals surface area contributed by atoms with Gasteiger partial charge in [0.2, 0.25) is 0 Å². The number of hydrogen-bond acceptors (Lipinski definition) is 5. The molecule has 3 heterocycles. The summed E-state index contributed by atoms with van der Waals surface area (Å²) in [7, 11) is 1.85. The van der Waals surface area contributed by atoms with Crippen LogP contribution in [0.25, 0.3) is 22.3 Å². The predicted octanol–water partition coefficient (Wildman–Crippen LogP) is 5.51. The number of carbonyl (C=O) groups excluding carboxylic acids is 1. The molecule has 0 radical (unpaired) electrons. The monoisotopic (exact) mass is 507 g/mol. The molecule has 1 aliphatic heterocycles. The molecule has 9 heteroatoms. The zero-order valence-corrected chi connectivity index (χ0v) is 21.4. The van der Waals surface area contributed by atoms with Crippen LogP contribution in [-0.2, 0) is 18.4 Å². The van der Waals surface area contributed by atoms with Crippen LogP contribution in [0.2, 0.25) is 5.02 Å². The van der Waals surface area contributed by atoms with Crippen molar-refractivity contribution in [2.75, 3.05) is 6.54 Å². The molecule has 0 aliphatic carbocycles. The Morgan fingerprint density at radius 3 is 2.75 bits per heavy atom. The second kappa shape index (κ2) is 9.50. The third kappa shape index (κ3) is 4.30. The molecule has 1 aliphatic rings. The number of likely N-dealkylation sites (tertiary alicyclic amines) is 1. The number of fused-ring (bicyclic) bond motifs is 1. The smallest absolute Gasteiger partial charge is 0.257 e. The molecule has 186 valence electrons. The lowest BCUT2D eigenvalue weighted by molar-refractivity contribution is -0.133. The fourth-order valence-corrected chi connectivity index (χ4v) is 5.22. The molecule has 2 aromatic heterocycles. The molecule has 2 aromatic carbocycles. The summed E-state index contributed by atoms with van der Waals surface area (Å²) in [5, 5.41) is 5.64. The van der Waals surface area contributed by atoms with Crippen molar-refractivity contribution in [3.05, 3.63) is 70.1 Å². The van der Waals surface area contributed by atoms with Crippen LogP contribution in [0.1, 0.15) is 41.8 Å². The fraction of sp³-hybridized carbons (Fsp3) is 0.333. The second-order valence-corrected chi connectivity index (χ2v) is 9.64. The Labute approximate surface area is 213 Å². The Morgan fingerprint density at radius 1 is 1.25 bits per heavy atom. The molecule has 36 heavy (non-hydrogen) atoms. The van der Waals surface area contributed by atoms with Gasteiger partial charge in [-0.3, -0.25) is 4.79 Å². The van der Waals surface area contributed by atoms with Crippen LogP contribution in [0.4, 0.5) is 4.39 Å². The van der Waals surface area contributed by atoms with Crippen molar-refractivity contribution >= 4 is 28.4 Å². The molecule has 0 N–H and O–H groups in total. The van der Waals surface area contributed by atoms with E-state index in [1.54, 1.807) is 9.58 Å². The van der Waals surface area contributed by atoms with Crippen molar-refractivity contribution in [1.82, 2.24) is 24.6 Å². The van der Waals surface area contributed by atoms with E-state index in [9.17, 15) is 9.18 Å². The quantitative estimate of drug-likeness (QED) is 0.344. The maximum atomic E-state index is 14.0. The number of halogens is 2. The van der Waals surface area contributed by atoms with E-state index in [2.05, 4.69) is 10.1 Å². The Hall–Kier alpha value is -3.52. The number of rotatable bonds is 6. The van der Waals surface area contributed by atoms with E-state index in [-0.39, 0.29) is 19.1 Å². The standard InChI is InChI=1S/C27H27ClFN5O2/c1-15-10-19(17(3)34-9-8-23(29)27(34)35)21(22(28)11-15)13-36-24-7-5-6-18-20(12-16(2)32-25(18)24)26-30-14-31-33(26)4/h5-7,10-12,14,17,23H,8-9,13H2,1-4H3/t17-,23-/m0/s1. The number of alkyl halides is 1. The molecular weight excluding hydrogens is 481 g/mol. The first-order valence-electron chi connectivity index (χ1n) is 11.9. The number of pyridine rings is 1. The fourth-order valence-electron chi connectivity index (χ4n) is 4.88. The summed E-state index contributed by atoms with van der Waals surface area (Å²) in [5.74, 6) is 0.870. The average molecular weight is 508 g/mol. The minimum Gasteiger partial charge on any atom is -0.487 e. The molecule has 1 saturated heterocycles. The van der Waals surface area contributed by atoms with Crippen molar-refractivity contribution in [2.45, 2.75) is 46.0 Å². The maximum Gasteiger partial charge on any atom is 0.257 e. The number of nitrogens with zero attached hydrogens (tertiary/aromatic N) is 5. The number of ether oxygens (including phenoxy) is 1. The molecule has 7 nitrogen and oxygen atoms in total. The van der Waals surface area contributed by atoms with E-state index in [0.29, 0.717) is 22.8 Å². The zero-order valence-electron chi connectivity index (χ0n) is 20.6. The highest BCUT2D eigenvalue weighted by molar-refractivity contribution is 6.31. The number of amides is 1. The summed E-state index contributed by atoms with van der Waals surface area (Å²) in [4.78, 5) is 23.1. The minimum atomic E-state index is -1.44. The Balaban J connectivity index is 1.52. The van der Waals surface area contributed by atoms with Gasteiger partial charge in [0, 0.05) is 47.2 Å². The van der Waals surface area contributed by atoms with Crippen LogP contribution in [0.3, 0.4) is 0 Å². The topological polar surface area (TPSA) is 73.1 Å². The maximum absolute atomic E-state index is 14.0. The van der Waals surface area contributed by atoms with Crippen LogP contribution in [0, 0.1) is 13.8 Å². The summed E-state index contributed by atoms with van der Waals surface area (Å²) >= 11 is 6.68. The van der Waals surface area contributed by atoms with E-state index in [1.165, 1.54) is 6.33 Å². The van der Waals surface area contributed by atoms with Crippen molar-refractivity contribution in [3.63, 3.8) is 0 Å². The number of hydrogen-bond donors (Lipinski definition) is 0. The van der Waals surface area contributed by atoms with Crippen LogP contribution < -0.4 is 4.74 Å². The van der Waals surface area contributed by atoms with E-state index in [4.69, 9.17) is 21.3 Å². The first kappa shape index (κ1) is 24.2. The van der Waals surface area contributed by atoms with Gasteiger partial charge >= 0.3 is 0 Å². The van der Waals surface area contributed by atoms with Gasteiger partial charge in [-0.05, 0) is 50.1 Å². The van der Waals surface area contributed by atoms with E-state index >= 15 is 0 Å². The summed E-state index contributed by atoms with van der Waals surface area (Å²) < 4.78 is 22.0. The lowest BCUT2D eigenvalue weighted by atomic mass is 9.98. The van der Waals surface area contributed by atoms with Gasteiger partial charge in [-0.2, -0.15) is 5.10 Å². The highest BCUT2D eigenvalue weighted by Crippen LogP contribution is 2.36. The number of carbonyl (C=O) groups is 1.